The van der Waals surface area contributed by atoms with Crippen LogP contribution in [0.1, 0.15) is 30.9 Å². The zero-order chi connectivity index (χ0) is 14.6. The van der Waals surface area contributed by atoms with Gasteiger partial charge in [0.2, 0.25) is 10.0 Å². The highest BCUT2D eigenvalue weighted by Crippen LogP contribution is 2.22. The summed E-state index contributed by atoms with van der Waals surface area (Å²) in [6.07, 6.45) is 0.746. The SMILES string of the molecule is Cc1cc(N)cc(S(=O)(=O)NCCCC(C)O)c1C. The van der Waals surface area contributed by atoms with Gasteiger partial charge in [0.15, 0.2) is 0 Å². The average Bonchev–Trinajstić information content (AvgIpc) is 2.29. The maximum Gasteiger partial charge on any atom is 0.240 e. The van der Waals surface area contributed by atoms with Crippen molar-refractivity contribution in [3.8, 4) is 0 Å². The van der Waals surface area contributed by atoms with E-state index in [0.717, 1.165) is 5.56 Å². The average molecular weight is 286 g/mol. The molecule has 1 unspecified atom stereocenters. The maximum atomic E-state index is 12.2. The van der Waals surface area contributed by atoms with Crippen molar-refractivity contribution in [2.75, 3.05) is 12.3 Å². The minimum atomic E-state index is -3.55. The van der Waals surface area contributed by atoms with Gasteiger partial charge in [-0.25, -0.2) is 13.1 Å². The number of aliphatic hydroxyl groups excluding tert-OH is 1. The lowest BCUT2D eigenvalue weighted by molar-refractivity contribution is 0.182. The van der Waals surface area contributed by atoms with E-state index in [1.165, 1.54) is 6.07 Å². The first-order valence-electron chi connectivity index (χ1n) is 6.28. The van der Waals surface area contributed by atoms with Gasteiger partial charge in [0, 0.05) is 12.2 Å². The number of nitrogens with one attached hydrogen (secondary N) is 1. The Hall–Kier alpha value is -1.11. The van der Waals surface area contributed by atoms with Crippen molar-refractivity contribution in [3.05, 3.63) is 23.3 Å². The summed E-state index contributed by atoms with van der Waals surface area (Å²) in [5, 5.41) is 9.12. The van der Waals surface area contributed by atoms with Gasteiger partial charge < -0.3 is 10.8 Å². The van der Waals surface area contributed by atoms with Crippen LogP contribution in [0.25, 0.3) is 0 Å². The summed E-state index contributed by atoms with van der Waals surface area (Å²) in [5.74, 6) is 0. The molecule has 108 valence electrons. The largest absolute Gasteiger partial charge is 0.399 e. The molecule has 1 aromatic rings. The molecule has 0 heterocycles. The van der Waals surface area contributed by atoms with Gasteiger partial charge >= 0.3 is 0 Å². The van der Waals surface area contributed by atoms with E-state index in [0.29, 0.717) is 30.6 Å². The Morgan fingerprint density at radius 3 is 2.58 bits per heavy atom. The molecule has 0 aliphatic heterocycles. The van der Waals surface area contributed by atoms with Crippen LogP contribution in [0.3, 0.4) is 0 Å². The third kappa shape index (κ3) is 4.49. The number of aryl methyl sites for hydroxylation is 1. The fourth-order valence-corrected chi connectivity index (χ4v) is 3.24. The molecule has 0 aliphatic rings. The van der Waals surface area contributed by atoms with Crippen LogP contribution >= 0.6 is 0 Å². The van der Waals surface area contributed by atoms with Gasteiger partial charge in [0.05, 0.1) is 11.0 Å². The van der Waals surface area contributed by atoms with Crippen molar-refractivity contribution in [3.63, 3.8) is 0 Å². The molecule has 1 aromatic carbocycles. The van der Waals surface area contributed by atoms with Crippen LogP contribution in [0.4, 0.5) is 5.69 Å². The van der Waals surface area contributed by atoms with E-state index in [1.54, 1.807) is 19.9 Å². The summed E-state index contributed by atoms with van der Waals surface area (Å²) < 4.78 is 26.9. The molecule has 0 aromatic heterocycles. The molecule has 4 N–H and O–H groups in total. The second-order valence-electron chi connectivity index (χ2n) is 4.85. The summed E-state index contributed by atoms with van der Waals surface area (Å²) in [6, 6.07) is 3.22. The van der Waals surface area contributed by atoms with Gasteiger partial charge in [0.25, 0.3) is 0 Å². The van der Waals surface area contributed by atoms with Crippen LogP contribution in [-0.4, -0.2) is 26.2 Å². The van der Waals surface area contributed by atoms with Crippen LogP contribution in [0.5, 0.6) is 0 Å². The van der Waals surface area contributed by atoms with Gasteiger partial charge in [0.1, 0.15) is 0 Å². The Bertz CT molecular complexity index is 539. The molecule has 0 spiro atoms. The number of hydrogen-bond donors (Lipinski definition) is 3. The van der Waals surface area contributed by atoms with E-state index in [4.69, 9.17) is 10.8 Å². The van der Waals surface area contributed by atoms with Crippen molar-refractivity contribution in [1.29, 1.82) is 0 Å². The van der Waals surface area contributed by atoms with Crippen LogP contribution in [0.2, 0.25) is 0 Å². The summed E-state index contributed by atoms with van der Waals surface area (Å²) >= 11 is 0. The topological polar surface area (TPSA) is 92.4 Å². The molecule has 0 radical (unpaired) electrons. The van der Waals surface area contributed by atoms with Crippen LogP contribution < -0.4 is 10.5 Å². The smallest absolute Gasteiger partial charge is 0.240 e. The fourth-order valence-electron chi connectivity index (χ4n) is 1.81. The molecule has 0 amide bonds. The third-order valence-electron chi connectivity index (χ3n) is 3.02. The molecule has 0 saturated carbocycles. The highest BCUT2D eigenvalue weighted by atomic mass is 32.2. The number of benzene rings is 1. The number of nitrogens with two attached hydrogens (primary N) is 1. The van der Waals surface area contributed by atoms with Crippen LogP contribution in [0.15, 0.2) is 17.0 Å². The quantitative estimate of drug-likeness (QED) is 0.543. The summed E-state index contributed by atoms with van der Waals surface area (Å²) in [5.41, 5.74) is 7.69. The number of rotatable bonds is 6. The van der Waals surface area contributed by atoms with Crippen molar-refractivity contribution >= 4 is 15.7 Å². The number of hydrogen-bond acceptors (Lipinski definition) is 4. The molecule has 0 fully saturated rings. The monoisotopic (exact) mass is 286 g/mol. The highest BCUT2D eigenvalue weighted by Gasteiger charge is 2.18. The Morgan fingerprint density at radius 2 is 2.00 bits per heavy atom. The van der Waals surface area contributed by atoms with Gasteiger partial charge in [-0.3, -0.25) is 0 Å². The molecule has 0 bridgehead atoms. The Kier molecular flexibility index (Phi) is 5.34. The first-order valence-corrected chi connectivity index (χ1v) is 7.77. The fraction of sp³-hybridized carbons (Fsp3) is 0.538. The van der Waals surface area contributed by atoms with E-state index >= 15 is 0 Å². The lowest BCUT2D eigenvalue weighted by atomic mass is 10.1. The second kappa shape index (κ2) is 6.36. The van der Waals surface area contributed by atoms with Crippen molar-refractivity contribution in [1.82, 2.24) is 4.72 Å². The first-order chi connectivity index (χ1) is 8.74. The molecular weight excluding hydrogens is 264 g/mol. The molecule has 5 nitrogen and oxygen atoms in total. The van der Waals surface area contributed by atoms with E-state index in [9.17, 15) is 8.42 Å². The zero-order valence-corrected chi connectivity index (χ0v) is 12.4. The van der Waals surface area contributed by atoms with E-state index in [1.807, 2.05) is 6.92 Å². The normalized spacial score (nSPS) is 13.5. The van der Waals surface area contributed by atoms with Crippen LogP contribution in [-0.2, 0) is 10.0 Å². The van der Waals surface area contributed by atoms with E-state index < -0.39 is 16.1 Å². The zero-order valence-electron chi connectivity index (χ0n) is 11.6. The standard InChI is InChI=1S/C13H22N2O3S/c1-9-7-12(14)8-13(11(9)3)19(17,18)15-6-4-5-10(2)16/h7-8,10,15-16H,4-6,14H2,1-3H3. The summed E-state index contributed by atoms with van der Waals surface area (Å²) in [4.78, 5) is 0.224. The van der Waals surface area contributed by atoms with Crippen LogP contribution in [0, 0.1) is 13.8 Å². The summed E-state index contributed by atoms with van der Waals surface area (Å²) in [6.45, 7) is 5.58. The molecule has 0 aliphatic carbocycles. The lowest BCUT2D eigenvalue weighted by Crippen LogP contribution is -2.26. The van der Waals surface area contributed by atoms with Gasteiger partial charge in [-0.15, -0.1) is 0 Å². The predicted molar refractivity (Wildman–Crippen MR) is 76.4 cm³/mol. The number of nitrogen functional groups attached to an aromatic ring is 1. The molecule has 1 rings (SSSR count). The Morgan fingerprint density at radius 1 is 1.37 bits per heavy atom. The molecular formula is C13H22N2O3S. The molecule has 6 heteroatoms. The molecule has 0 saturated heterocycles. The van der Waals surface area contributed by atoms with E-state index in [2.05, 4.69) is 4.72 Å². The number of anilines is 1. The Labute approximate surface area is 114 Å². The second-order valence-corrected chi connectivity index (χ2v) is 6.59. The highest BCUT2D eigenvalue weighted by molar-refractivity contribution is 7.89. The molecule has 1 atom stereocenters. The van der Waals surface area contributed by atoms with Gasteiger partial charge in [-0.2, -0.15) is 0 Å². The minimum absolute atomic E-state index is 0.224. The number of aliphatic hydroxyl groups is 1. The predicted octanol–water partition coefficient (Wildman–Crippen LogP) is 1.32. The van der Waals surface area contributed by atoms with Gasteiger partial charge in [-0.1, -0.05) is 0 Å². The van der Waals surface area contributed by atoms with Crippen molar-refractivity contribution in [2.24, 2.45) is 0 Å². The van der Waals surface area contributed by atoms with E-state index in [-0.39, 0.29) is 4.90 Å². The van der Waals surface area contributed by atoms with Gasteiger partial charge in [-0.05, 0) is 56.9 Å². The summed E-state index contributed by atoms with van der Waals surface area (Å²) in [7, 11) is -3.55. The third-order valence-corrected chi connectivity index (χ3v) is 4.61. The van der Waals surface area contributed by atoms with Crippen molar-refractivity contribution in [2.45, 2.75) is 44.6 Å². The first kappa shape index (κ1) is 15.9. The van der Waals surface area contributed by atoms with Crippen molar-refractivity contribution < 1.29 is 13.5 Å². The lowest BCUT2D eigenvalue weighted by Gasteiger charge is -2.12. The minimum Gasteiger partial charge on any atom is -0.399 e. The number of sulfonamides is 1. The molecule has 19 heavy (non-hydrogen) atoms. The Balaban J connectivity index is 2.83. The maximum absolute atomic E-state index is 12.2.